The number of carbonyl (C=O) groups is 3. The lowest BCUT2D eigenvalue weighted by Gasteiger charge is -2.15. The van der Waals surface area contributed by atoms with Gasteiger partial charge in [0.05, 0.1) is 6.04 Å². The largest absolute Gasteiger partial charge is 0.354 e. The lowest BCUT2D eigenvalue weighted by molar-refractivity contribution is -0.114. The van der Waals surface area contributed by atoms with Gasteiger partial charge in [-0.3, -0.25) is 14.4 Å². The van der Waals surface area contributed by atoms with Crippen LogP contribution in [0.1, 0.15) is 70.4 Å². The molecular weight excluding hydrogens is 330 g/mol. The Balaban J connectivity index is 1.78. The van der Waals surface area contributed by atoms with Gasteiger partial charge in [0.25, 0.3) is 5.91 Å². The van der Waals surface area contributed by atoms with Crippen molar-refractivity contribution in [3.8, 4) is 0 Å². The molecule has 1 heterocycles. The van der Waals surface area contributed by atoms with E-state index in [4.69, 9.17) is 0 Å². The molecule has 0 saturated heterocycles. The van der Waals surface area contributed by atoms with E-state index in [0.717, 1.165) is 29.7 Å². The van der Waals surface area contributed by atoms with Crippen LogP contribution in [-0.2, 0) is 11.2 Å². The summed E-state index contributed by atoms with van der Waals surface area (Å²) in [5.74, 6) is -0.270. The fraction of sp³-hybridized carbons (Fsp3) is 0.350. The van der Waals surface area contributed by atoms with Gasteiger partial charge in [-0.1, -0.05) is 12.1 Å². The summed E-state index contributed by atoms with van der Waals surface area (Å²) in [7, 11) is 0. The van der Waals surface area contributed by atoms with Crippen LogP contribution >= 0.6 is 0 Å². The zero-order valence-corrected chi connectivity index (χ0v) is 15.2. The molecule has 1 aliphatic rings. The van der Waals surface area contributed by atoms with E-state index in [1.165, 1.54) is 6.92 Å². The molecule has 6 heteroatoms. The van der Waals surface area contributed by atoms with Crippen LogP contribution < -0.4 is 10.6 Å². The standard InChI is InChI=1S/C20H23N3O3/c1-11-18-16(8-5-9-17(18)25)23-19(11)20(26)21-12(2)14-6-4-7-15(10-14)22-13(3)24/h4,6-7,10,12,23H,5,8-9H2,1-3H3,(H,21,26)(H,22,24). The van der Waals surface area contributed by atoms with Crippen molar-refractivity contribution in [1.82, 2.24) is 10.3 Å². The average molecular weight is 353 g/mol. The first-order valence-corrected chi connectivity index (χ1v) is 8.80. The van der Waals surface area contributed by atoms with Gasteiger partial charge in [-0.2, -0.15) is 0 Å². The first-order valence-electron chi connectivity index (χ1n) is 8.80. The molecule has 6 nitrogen and oxygen atoms in total. The van der Waals surface area contributed by atoms with E-state index in [9.17, 15) is 14.4 Å². The second kappa shape index (κ2) is 7.15. The summed E-state index contributed by atoms with van der Waals surface area (Å²) < 4.78 is 0. The number of aromatic amines is 1. The van der Waals surface area contributed by atoms with Gasteiger partial charge in [0, 0.05) is 30.3 Å². The van der Waals surface area contributed by atoms with Crippen LogP contribution in [0.3, 0.4) is 0 Å². The minimum Gasteiger partial charge on any atom is -0.354 e. The molecule has 136 valence electrons. The van der Waals surface area contributed by atoms with E-state index in [1.54, 1.807) is 6.07 Å². The molecule has 2 aromatic rings. The third kappa shape index (κ3) is 3.54. The van der Waals surface area contributed by atoms with Gasteiger partial charge in [-0.15, -0.1) is 0 Å². The maximum Gasteiger partial charge on any atom is 0.268 e. The van der Waals surface area contributed by atoms with Crippen LogP contribution in [0, 0.1) is 6.92 Å². The van der Waals surface area contributed by atoms with Gasteiger partial charge in [-0.25, -0.2) is 0 Å². The smallest absolute Gasteiger partial charge is 0.268 e. The number of hydrogen-bond donors (Lipinski definition) is 3. The van der Waals surface area contributed by atoms with Gasteiger partial charge in [0.15, 0.2) is 5.78 Å². The Morgan fingerprint density at radius 3 is 2.69 bits per heavy atom. The van der Waals surface area contributed by atoms with Crippen molar-refractivity contribution in [2.45, 2.75) is 46.1 Å². The Kier molecular flexibility index (Phi) is 4.93. The minimum atomic E-state index is -0.244. The summed E-state index contributed by atoms with van der Waals surface area (Å²) in [6, 6.07) is 7.12. The predicted molar refractivity (Wildman–Crippen MR) is 99.4 cm³/mol. The summed E-state index contributed by atoms with van der Waals surface area (Å²) in [6.45, 7) is 5.15. The normalized spacial score (nSPS) is 14.5. The highest BCUT2D eigenvalue weighted by Crippen LogP contribution is 2.27. The molecule has 1 aromatic heterocycles. The van der Waals surface area contributed by atoms with E-state index < -0.39 is 0 Å². The van der Waals surface area contributed by atoms with Crippen LogP contribution in [0.5, 0.6) is 0 Å². The van der Waals surface area contributed by atoms with Crippen molar-refractivity contribution in [3.63, 3.8) is 0 Å². The number of carbonyl (C=O) groups excluding carboxylic acids is 3. The monoisotopic (exact) mass is 353 g/mol. The third-order valence-electron chi connectivity index (χ3n) is 4.72. The Bertz CT molecular complexity index is 882. The van der Waals surface area contributed by atoms with Crippen LogP contribution in [0.15, 0.2) is 24.3 Å². The highest BCUT2D eigenvalue weighted by atomic mass is 16.2. The van der Waals surface area contributed by atoms with E-state index in [2.05, 4.69) is 15.6 Å². The molecule has 0 saturated carbocycles. The maximum atomic E-state index is 12.7. The molecule has 1 aliphatic carbocycles. The number of aromatic nitrogens is 1. The number of aryl methyl sites for hydroxylation is 1. The van der Waals surface area contributed by atoms with Crippen LogP contribution in [-0.4, -0.2) is 22.6 Å². The predicted octanol–water partition coefficient (Wildman–Crippen LogP) is 3.29. The topological polar surface area (TPSA) is 91.1 Å². The third-order valence-corrected chi connectivity index (χ3v) is 4.72. The fourth-order valence-electron chi connectivity index (χ4n) is 3.44. The average Bonchev–Trinajstić information content (AvgIpc) is 2.92. The number of H-pyrrole nitrogens is 1. The van der Waals surface area contributed by atoms with Crippen molar-refractivity contribution in [2.24, 2.45) is 0 Å². The lowest BCUT2D eigenvalue weighted by Crippen LogP contribution is -2.27. The number of ketones is 1. The number of benzene rings is 1. The van der Waals surface area contributed by atoms with Crippen LogP contribution in [0.2, 0.25) is 0 Å². The molecule has 3 rings (SSSR count). The first kappa shape index (κ1) is 17.9. The number of nitrogens with one attached hydrogen (secondary N) is 3. The van der Waals surface area contributed by atoms with E-state index in [1.807, 2.05) is 32.0 Å². The number of hydrogen-bond acceptors (Lipinski definition) is 3. The van der Waals surface area contributed by atoms with Crippen LogP contribution in [0.4, 0.5) is 5.69 Å². The van der Waals surface area contributed by atoms with Crippen molar-refractivity contribution in [3.05, 3.63) is 52.3 Å². The van der Waals surface area contributed by atoms with E-state index in [-0.39, 0.29) is 23.6 Å². The van der Waals surface area contributed by atoms with E-state index >= 15 is 0 Å². The minimum absolute atomic E-state index is 0.107. The number of Topliss-reactive ketones (excluding diaryl/α,β-unsaturated/α-hetero) is 1. The molecule has 2 amide bonds. The lowest BCUT2D eigenvalue weighted by atomic mass is 9.94. The molecule has 1 aromatic carbocycles. The fourth-order valence-corrected chi connectivity index (χ4v) is 3.44. The van der Waals surface area contributed by atoms with E-state index in [0.29, 0.717) is 23.4 Å². The van der Waals surface area contributed by atoms with Crippen molar-refractivity contribution in [1.29, 1.82) is 0 Å². The maximum absolute atomic E-state index is 12.7. The Morgan fingerprint density at radius 1 is 1.23 bits per heavy atom. The summed E-state index contributed by atoms with van der Waals surface area (Å²) >= 11 is 0. The Labute approximate surface area is 152 Å². The molecule has 0 bridgehead atoms. The molecule has 0 aliphatic heterocycles. The Hall–Kier alpha value is -2.89. The molecule has 3 N–H and O–H groups in total. The molecule has 0 spiro atoms. The number of fused-ring (bicyclic) bond motifs is 1. The number of amides is 2. The van der Waals surface area contributed by atoms with Gasteiger partial charge in [0.2, 0.25) is 5.91 Å². The molecule has 1 atom stereocenters. The molecule has 1 unspecified atom stereocenters. The van der Waals surface area contributed by atoms with Gasteiger partial charge < -0.3 is 15.6 Å². The van der Waals surface area contributed by atoms with Gasteiger partial charge in [-0.05, 0) is 49.9 Å². The highest BCUT2D eigenvalue weighted by Gasteiger charge is 2.26. The summed E-state index contributed by atoms with van der Waals surface area (Å²) in [5, 5.41) is 5.70. The number of anilines is 1. The van der Waals surface area contributed by atoms with Crippen LogP contribution in [0.25, 0.3) is 0 Å². The second-order valence-electron chi connectivity index (χ2n) is 6.76. The van der Waals surface area contributed by atoms with Crippen molar-refractivity contribution in [2.75, 3.05) is 5.32 Å². The highest BCUT2D eigenvalue weighted by molar-refractivity contribution is 6.04. The Morgan fingerprint density at radius 2 is 2.00 bits per heavy atom. The van der Waals surface area contributed by atoms with Gasteiger partial charge in [0.1, 0.15) is 5.69 Å². The van der Waals surface area contributed by atoms with Crippen molar-refractivity contribution >= 4 is 23.3 Å². The zero-order valence-electron chi connectivity index (χ0n) is 15.2. The SMILES string of the molecule is CC(=O)Nc1cccc(C(C)NC(=O)c2[nH]c3c(c2C)C(=O)CCC3)c1. The molecule has 26 heavy (non-hydrogen) atoms. The number of rotatable bonds is 4. The summed E-state index contributed by atoms with van der Waals surface area (Å²) in [4.78, 5) is 39.2. The second-order valence-corrected chi connectivity index (χ2v) is 6.76. The summed E-state index contributed by atoms with van der Waals surface area (Å²) in [5.41, 5.74) is 4.30. The van der Waals surface area contributed by atoms with Gasteiger partial charge >= 0.3 is 0 Å². The molecular formula is C20H23N3O3. The molecule has 0 fully saturated rings. The van der Waals surface area contributed by atoms with Crippen molar-refractivity contribution < 1.29 is 14.4 Å². The molecule has 0 radical (unpaired) electrons. The summed E-state index contributed by atoms with van der Waals surface area (Å²) in [6.07, 6.45) is 2.15. The quantitative estimate of drug-likeness (QED) is 0.788. The zero-order chi connectivity index (χ0) is 18.8. The first-order chi connectivity index (χ1) is 12.4.